The number of rotatable bonds is 5. The maximum Gasteiger partial charge on any atom is 0.422 e. The first-order valence-corrected chi connectivity index (χ1v) is 7.83. The molecule has 0 saturated heterocycles. The van der Waals surface area contributed by atoms with Gasteiger partial charge in [-0.05, 0) is 36.4 Å². The Labute approximate surface area is 143 Å². The zero-order valence-corrected chi connectivity index (χ0v) is 13.4. The number of carbonyl (C=O) groups is 1. The van der Waals surface area contributed by atoms with Crippen LogP contribution in [-0.4, -0.2) is 23.7 Å². The molecule has 1 aromatic carbocycles. The van der Waals surface area contributed by atoms with Gasteiger partial charge in [0.05, 0.1) is 16.5 Å². The van der Waals surface area contributed by atoms with Crippen molar-refractivity contribution in [2.45, 2.75) is 6.18 Å². The molecule has 130 valence electrons. The Hall–Kier alpha value is -2.81. The standard InChI is InChI=1S/C16H11F3N2O3S/c17-16(18,19)9-24-11-3-5-12-13(8-11)25-15(20-12)21-14(22)6-4-10-2-1-7-23-10/h1-8H,9H2,(H,20,21,22)/b6-4+. The van der Waals surface area contributed by atoms with Crippen LogP contribution in [0.15, 0.2) is 47.1 Å². The topological polar surface area (TPSA) is 64.4 Å². The van der Waals surface area contributed by atoms with E-state index in [0.717, 1.165) is 11.3 Å². The Bertz CT molecular complexity index is 901. The molecule has 0 saturated carbocycles. The molecule has 1 N–H and O–H groups in total. The fraction of sp³-hybridized carbons (Fsp3) is 0.125. The Morgan fingerprint density at radius 1 is 1.36 bits per heavy atom. The molecule has 3 rings (SSSR count). The SMILES string of the molecule is O=C(/C=C/c1ccco1)Nc1nc2ccc(OCC(F)(F)F)cc2s1. The average Bonchev–Trinajstić information content (AvgIpc) is 3.18. The van der Waals surface area contributed by atoms with Crippen molar-refractivity contribution < 1.29 is 27.1 Å². The van der Waals surface area contributed by atoms with Gasteiger partial charge in [-0.2, -0.15) is 13.2 Å². The molecule has 3 aromatic rings. The van der Waals surface area contributed by atoms with Crippen molar-refractivity contribution in [2.75, 3.05) is 11.9 Å². The molecule has 0 aliphatic rings. The number of halogens is 3. The summed E-state index contributed by atoms with van der Waals surface area (Å²) in [5.74, 6) is 0.221. The molecule has 0 atom stereocenters. The number of hydrogen-bond acceptors (Lipinski definition) is 5. The van der Waals surface area contributed by atoms with E-state index >= 15 is 0 Å². The number of aromatic nitrogens is 1. The molecule has 2 aromatic heterocycles. The van der Waals surface area contributed by atoms with Crippen molar-refractivity contribution in [2.24, 2.45) is 0 Å². The van der Waals surface area contributed by atoms with Crippen LogP contribution in [0.25, 0.3) is 16.3 Å². The monoisotopic (exact) mass is 368 g/mol. The van der Waals surface area contributed by atoms with Crippen molar-refractivity contribution in [1.29, 1.82) is 0 Å². The zero-order valence-electron chi connectivity index (χ0n) is 12.5. The van der Waals surface area contributed by atoms with Gasteiger partial charge >= 0.3 is 6.18 Å². The number of fused-ring (bicyclic) bond motifs is 1. The minimum Gasteiger partial charge on any atom is -0.484 e. The second-order valence-electron chi connectivity index (χ2n) is 4.89. The minimum absolute atomic E-state index is 0.0871. The summed E-state index contributed by atoms with van der Waals surface area (Å²) < 4.78 is 46.9. The van der Waals surface area contributed by atoms with Crippen LogP contribution >= 0.6 is 11.3 Å². The number of thiazole rings is 1. The second-order valence-corrected chi connectivity index (χ2v) is 5.92. The molecule has 0 radical (unpaired) electrons. The minimum atomic E-state index is -4.40. The first kappa shape index (κ1) is 17.0. The number of benzene rings is 1. The second kappa shape index (κ2) is 6.98. The van der Waals surface area contributed by atoms with Crippen LogP contribution in [0.1, 0.15) is 5.76 Å². The molecule has 0 fully saturated rings. The average molecular weight is 368 g/mol. The van der Waals surface area contributed by atoms with E-state index in [4.69, 9.17) is 9.15 Å². The van der Waals surface area contributed by atoms with Crippen LogP contribution in [0.4, 0.5) is 18.3 Å². The lowest BCUT2D eigenvalue weighted by molar-refractivity contribution is -0.153. The van der Waals surface area contributed by atoms with E-state index in [1.165, 1.54) is 36.6 Å². The van der Waals surface area contributed by atoms with Gasteiger partial charge in [-0.25, -0.2) is 4.98 Å². The van der Waals surface area contributed by atoms with E-state index in [9.17, 15) is 18.0 Å². The summed E-state index contributed by atoms with van der Waals surface area (Å²) in [6.45, 7) is -1.36. The van der Waals surface area contributed by atoms with Crippen LogP contribution in [0, 0.1) is 0 Å². The van der Waals surface area contributed by atoms with Crippen LogP contribution < -0.4 is 10.1 Å². The molecule has 0 bridgehead atoms. The fourth-order valence-corrected chi connectivity index (χ4v) is 2.80. The quantitative estimate of drug-likeness (QED) is 0.675. The van der Waals surface area contributed by atoms with E-state index in [2.05, 4.69) is 10.3 Å². The number of nitrogens with one attached hydrogen (secondary N) is 1. The molecule has 0 unspecified atom stereocenters. The van der Waals surface area contributed by atoms with Gasteiger partial charge in [0.15, 0.2) is 11.7 Å². The Balaban J connectivity index is 1.67. The first-order valence-electron chi connectivity index (χ1n) is 7.02. The lowest BCUT2D eigenvalue weighted by Gasteiger charge is -2.08. The van der Waals surface area contributed by atoms with Gasteiger partial charge in [0.2, 0.25) is 5.91 Å². The summed E-state index contributed by atoms with van der Waals surface area (Å²) in [5, 5.41) is 2.92. The number of nitrogens with zero attached hydrogens (tertiary/aromatic N) is 1. The van der Waals surface area contributed by atoms with Gasteiger partial charge in [0.25, 0.3) is 0 Å². The molecular weight excluding hydrogens is 357 g/mol. The molecule has 0 spiro atoms. The van der Waals surface area contributed by atoms with Crippen molar-refractivity contribution >= 4 is 38.7 Å². The van der Waals surface area contributed by atoms with Gasteiger partial charge in [0.1, 0.15) is 11.5 Å². The van der Waals surface area contributed by atoms with Gasteiger partial charge in [-0.1, -0.05) is 11.3 Å². The largest absolute Gasteiger partial charge is 0.484 e. The third-order valence-electron chi connectivity index (χ3n) is 2.93. The number of alkyl halides is 3. The predicted molar refractivity (Wildman–Crippen MR) is 87.5 cm³/mol. The highest BCUT2D eigenvalue weighted by Crippen LogP contribution is 2.30. The molecule has 5 nitrogen and oxygen atoms in total. The highest BCUT2D eigenvalue weighted by molar-refractivity contribution is 7.22. The number of anilines is 1. The summed E-state index contributed by atoms with van der Waals surface area (Å²) in [5.41, 5.74) is 0.551. The lowest BCUT2D eigenvalue weighted by Crippen LogP contribution is -2.19. The number of furan rings is 1. The summed E-state index contributed by atoms with van der Waals surface area (Å²) in [7, 11) is 0. The van der Waals surface area contributed by atoms with Crippen molar-refractivity contribution in [3.05, 3.63) is 48.4 Å². The lowest BCUT2D eigenvalue weighted by atomic mass is 10.3. The van der Waals surface area contributed by atoms with E-state index < -0.39 is 18.7 Å². The van der Waals surface area contributed by atoms with Crippen LogP contribution in [0.2, 0.25) is 0 Å². The molecular formula is C16H11F3N2O3S. The normalized spacial score (nSPS) is 12.0. The third-order valence-corrected chi connectivity index (χ3v) is 3.87. The Kier molecular flexibility index (Phi) is 4.75. The van der Waals surface area contributed by atoms with Gasteiger partial charge < -0.3 is 9.15 Å². The summed E-state index contributed by atoms with van der Waals surface area (Å²) in [6, 6.07) is 7.78. The smallest absolute Gasteiger partial charge is 0.422 e. The van der Waals surface area contributed by atoms with E-state index in [1.54, 1.807) is 12.1 Å². The van der Waals surface area contributed by atoms with Gasteiger partial charge in [-0.3, -0.25) is 10.1 Å². The fourth-order valence-electron chi connectivity index (χ4n) is 1.90. The predicted octanol–water partition coefficient (Wildman–Crippen LogP) is 4.48. The molecule has 9 heteroatoms. The van der Waals surface area contributed by atoms with Crippen molar-refractivity contribution in [3.63, 3.8) is 0 Å². The van der Waals surface area contributed by atoms with Crippen LogP contribution in [0.3, 0.4) is 0 Å². The van der Waals surface area contributed by atoms with E-state index in [1.807, 2.05) is 0 Å². The number of hydrogen-bond donors (Lipinski definition) is 1. The highest BCUT2D eigenvalue weighted by Gasteiger charge is 2.28. The molecule has 1 amide bonds. The molecule has 2 heterocycles. The molecule has 25 heavy (non-hydrogen) atoms. The number of carbonyl (C=O) groups excluding carboxylic acids is 1. The maximum atomic E-state index is 12.2. The molecule has 0 aliphatic carbocycles. The Morgan fingerprint density at radius 3 is 2.92 bits per heavy atom. The van der Waals surface area contributed by atoms with Crippen LogP contribution in [-0.2, 0) is 4.79 Å². The highest BCUT2D eigenvalue weighted by atomic mass is 32.1. The van der Waals surface area contributed by atoms with Crippen molar-refractivity contribution in [1.82, 2.24) is 4.98 Å². The Morgan fingerprint density at radius 2 is 2.20 bits per heavy atom. The number of ether oxygens (including phenoxy) is 1. The summed E-state index contributed by atoms with van der Waals surface area (Å²) >= 11 is 1.13. The summed E-state index contributed by atoms with van der Waals surface area (Å²) in [4.78, 5) is 16.0. The van der Waals surface area contributed by atoms with Crippen LogP contribution in [0.5, 0.6) is 5.75 Å². The third kappa shape index (κ3) is 4.83. The maximum absolute atomic E-state index is 12.2. The van der Waals surface area contributed by atoms with E-state index in [-0.39, 0.29) is 5.75 Å². The summed E-state index contributed by atoms with van der Waals surface area (Å²) in [6.07, 6.45) is -0.111. The molecule has 0 aliphatic heterocycles. The first-order chi connectivity index (χ1) is 11.9. The van der Waals surface area contributed by atoms with Gasteiger partial charge in [0, 0.05) is 6.08 Å². The number of amides is 1. The van der Waals surface area contributed by atoms with E-state index in [0.29, 0.717) is 21.1 Å². The zero-order chi connectivity index (χ0) is 17.9. The van der Waals surface area contributed by atoms with Crippen molar-refractivity contribution in [3.8, 4) is 5.75 Å². The van der Waals surface area contributed by atoms with Gasteiger partial charge in [-0.15, -0.1) is 0 Å².